The summed E-state index contributed by atoms with van der Waals surface area (Å²) in [5.41, 5.74) is 2.48. The largest absolute Gasteiger partial charge is 0.332 e. The zero-order valence-corrected chi connectivity index (χ0v) is 19.9. The van der Waals surface area contributed by atoms with E-state index in [-0.39, 0.29) is 24.1 Å². The van der Waals surface area contributed by atoms with Gasteiger partial charge >= 0.3 is 0 Å². The van der Waals surface area contributed by atoms with Crippen molar-refractivity contribution >= 4 is 46.4 Å². The molecule has 1 aliphatic heterocycles. The molecule has 0 radical (unpaired) electrons. The van der Waals surface area contributed by atoms with Crippen molar-refractivity contribution < 1.29 is 14.0 Å². The van der Waals surface area contributed by atoms with Gasteiger partial charge in [0, 0.05) is 23.8 Å². The minimum Gasteiger partial charge on any atom is -0.332 e. The first-order valence-corrected chi connectivity index (χ1v) is 11.6. The van der Waals surface area contributed by atoms with E-state index in [1.807, 2.05) is 30.3 Å². The molecule has 0 aliphatic carbocycles. The number of thiocarbonyl (C=S) groups is 1. The number of carbonyl (C=O) groups excluding carboxylic acids is 2. The Morgan fingerprint density at radius 3 is 2.32 bits per heavy atom. The van der Waals surface area contributed by atoms with Crippen LogP contribution in [-0.2, 0) is 22.6 Å². The normalized spacial score (nSPS) is 15.6. The van der Waals surface area contributed by atoms with Gasteiger partial charge in [0.05, 0.1) is 6.42 Å². The summed E-state index contributed by atoms with van der Waals surface area (Å²) in [5, 5.41) is 3.74. The van der Waals surface area contributed by atoms with Gasteiger partial charge in [-0.25, -0.2) is 4.39 Å². The van der Waals surface area contributed by atoms with Gasteiger partial charge in [0.2, 0.25) is 5.91 Å². The average Bonchev–Trinajstić information content (AvgIpc) is 3.05. The molecule has 2 amide bonds. The van der Waals surface area contributed by atoms with Gasteiger partial charge in [0.25, 0.3) is 5.91 Å². The lowest BCUT2D eigenvalue weighted by Crippen LogP contribution is -2.37. The molecule has 1 saturated heterocycles. The molecule has 0 spiro atoms. The number of carbonyl (C=O) groups is 2. The maximum absolute atomic E-state index is 13.4. The van der Waals surface area contributed by atoms with Crippen LogP contribution >= 0.6 is 23.8 Å². The predicted octanol–water partition coefficient (Wildman–Crippen LogP) is 5.05. The summed E-state index contributed by atoms with van der Waals surface area (Å²) in [7, 11) is 0. The van der Waals surface area contributed by atoms with E-state index in [2.05, 4.69) is 5.32 Å². The third-order valence-electron chi connectivity index (χ3n) is 5.64. The first-order valence-electron chi connectivity index (χ1n) is 10.9. The predicted molar refractivity (Wildman–Crippen MR) is 135 cm³/mol. The summed E-state index contributed by atoms with van der Waals surface area (Å²) in [6.07, 6.45) is 0.575. The van der Waals surface area contributed by atoms with E-state index in [4.69, 9.17) is 23.8 Å². The molecule has 1 fully saturated rings. The number of hydrogen-bond donors (Lipinski definition) is 1. The van der Waals surface area contributed by atoms with Crippen molar-refractivity contribution in [2.45, 2.75) is 25.4 Å². The van der Waals surface area contributed by atoms with E-state index in [1.165, 1.54) is 12.1 Å². The van der Waals surface area contributed by atoms with Crippen LogP contribution in [0.4, 0.5) is 10.1 Å². The molecule has 0 aromatic heterocycles. The highest BCUT2D eigenvalue weighted by molar-refractivity contribution is 7.80. The van der Waals surface area contributed by atoms with Crippen LogP contribution in [0.2, 0.25) is 5.02 Å². The summed E-state index contributed by atoms with van der Waals surface area (Å²) < 4.78 is 13.4. The van der Waals surface area contributed by atoms with E-state index in [0.717, 1.165) is 11.1 Å². The third-order valence-corrected chi connectivity index (χ3v) is 6.35. The quantitative estimate of drug-likeness (QED) is 0.444. The first-order chi connectivity index (χ1) is 16.4. The number of halogens is 2. The number of nitrogens with one attached hydrogen (secondary N) is 1. The molecular formula is C26H23ClFN3O2S. The van der Waals surface area contributed by atoms with Crippen molar-refractivity contribution in [2.24, 2.45) is 0 Å². The Labute approximate surface area is 208 Å². The lowest BCUT2D eigenvalue weighted by molar-refractivity contribution is -0.130. The fourth-order valence-corrected chi connectivity index (χ4v) is 4.37. The summed E-state index contributed by atoms with van der Waals surface area (Å²) in [6.45, 7) is 0.711. The Hall–Kier alpha value is -3.29. The molecule has 1 heterocycles. The highest BCUT2D eigenvalue weighted by Gasteiger charge is 2.43. The van der Waals surface area contributed by atoms with Crippen molar-refractivity contribution in [3.8, 4) is 0 Å². The van der Waals surface area contributed by atoms with Crippen LogP contribution in [0.5, 0.6) is 0 Å². The summed E-state index contributed by atoms with van der Waals surface area (Å²) >= 11 is 11.6. The average molecular weight is 496 g/mol. The zero-order chi connectivity index (χ0) is 24.1. The van der Waals surface area contributed by atoms with Gasteiger partial charge in [-0.05, 0) is 66.2 Å². The van der Waals surface area contributed by atoms with E-state index in [1.54, 1.807) is 46.2 Å². The monoisotopic (exact) mass is 495 g/mol. The van der Waals surface area contributed by atoms with Crippen LogP contribution in [0.15, 0.2) is 78.9 Å². The summed E-state index contributed by atoms with van der Waals surface area (Å²) in [6, 6.07) is 21.9. The van der Waals surface area contributed by atoms with Gasteiger partial charge < -0.3 is 10.2 Å². The molecule has 0 unspecified atom stereocenters. The number of rotatable bonds is 8. The van der Waals surface area contributed by atoms with Crippen LogP contribution in [0.25, 0.3) is 0 Å². The SMILES string of the molecule is O=C(C[C@H]1C(=O)N(CCc2ccccc2)C(=S)N1Cc1ccc(F)cc1)Nc1ccc(Cl)cc1. The fraction of sp³-hybridized carbons (Fsp3) is 0.192. The van der Waals surface area contributed by atoms with Crippen LogP contribution in [0.1, 0.15) is 17.5 Å². The van der Waals surface area contributed by atoms with E-state index in [0.29, 0.717) is 35.3 Å². The minimum atomic E-state index is -0.749. The molecule has 34 heavy (non-hydrogen) atoms. The second-order valence-electron chi connectivity index (χ2n) is 8.04. The lowest BCUT2D eigenvalue weighted by Gasteiger charge is -2.24. The second-order valence-corrected chi connectivity index (χ2v) is 8.84. The van der Waals surface area contributed by atoms with Crippen molar-refractivity contribution in [1.82, 2.24) is 9.80 Å². The molecule has 3 aromatic rings. The van der Waals surface area contributed by atoms with Crippen LogP contribution in [0, 0.1) is 5.82 Å². The van der Waals surface area contributed by atoms with Gasteiger partial charge in [-0.3, -0.25) is 14.5 Å². The van der Waals surface area contributed by atoms with Crippen molar-refractivity contribution in [3.63, 3.8) is 0 Å². The van der Waals surface area contributed by atoms with Crippen molar-refractivity contribution in [2.75, 3.05) is 11.9 Å². The van der Waals surface area contributed by atoms with Crippen LogP contribution in [0.3, 0.4) is 0 Å². The molecule has 0 saturated carbocycles. The number of hydrogen-bond acceptors (Lipinski definition) is 3. The zero-order valence-electron chi connectivity index (χ0n) is 18.3. The molecule has 0 bridgehead atoms. The van der Waals surface area contributed by atoms with Crippen LogP contribution < -0.4 is 5.32 Å². The molecular weight excluding hydrogens is 473 g/mol. The first kappa shape index (κ1) is 23.9. The van der Waals surface area contributed by atoms with Gasteiger partial charge in [0.1, 0.15) is 11.9 Å². The summed E-state index contributed by atoms with van der Waals surface area (Å²) in [4.78, 5) is 29.5. The van der Waals surface area contributed by atoms with Gasteiger partial charge in [0.15, 0.2) is 5.11 Å². The maximum Gasteiger partial charge on any atom is 0.252 e. The Morgan fingerprint density at radius 2 is 1.65 bits per heavy atom. The second kappa shape index (κ2) is 10.8. The van der Waals surface area contributed by atoms with Gasteiger partial charge in [-0.2, -0.15) is 0 Å². The Balaban J connectivity index is 1.51. The molecule has 8 heteroatoms. The number of nitrogens with zero attached hydrogens (tertiary/aromatic N) is 2. The standard InChI is InChI=1S/C26H23ClFN3O2S/c27-20-8-12-22(13-9-20)29-24(32)16-23-25(33)30(15-14-18-4-2-1-3-5-18)26(34)31(23)17-19-6-10-21(28)11-7-19/h1-13,23H,14-17H2,(H,29,32)/t23-/m0/s1. The highest BCUT2D eigenvalue weighted by atomic mass is 35.5. The number of anilines is 1. The Morgan fingerprint density at radius 1 is 0.971 bits per heavy atom. The maximum atomic E-state index is 13.4. The Bertz CT molecular complexity index is 1170. The molecule has 4 rings (SSSR count). The van der Waals surface area contributed by atoms with Crippen molar-refractivity contribution in [1.29, 1.82) is 0 Å². The molecule has 3 aromatic carbocycles. The van der Waals surface area contributed by atoms with E-state index >= 15 is 0 Å². The summed E-state index contributed by atoms with van der Waals surface area (Å²) in [5.74, 6) is -0.862. The Kier molecular flexibility index (Phi) is 7.55. The van der Waals surface area contributed by atoms with Crippen molar-refractivity contribution in [3.05, 3.63) is 101 Å². The minimum absolute atomic E-state index is 0.0648. The molecule has 1 atom stereocenters. The smallest absolute Gasteiger partial charge is 0.252 e. The van der Waals surface area contributed by atoms with E-state index < -0.39 is 6.04 Å². The van der Waals surface area contributed by atoms with E-state index in [9.17, 15) is 14.0 Å². The topological polar surface area (TPSA) is 52.7 Å². The third kappa shape index (κ3) is 5.79. The molecule has 1 aliphatic rings. The molecule has 5 nitrogen and oxygen atoms in total. The lowest BCUT2D eigenvalue weighted by atomic mass is 10.1. The van der Waals surface area contributed by atoms with Crippen LogP contribution in [-0.4, -0.2) is 39.3 Å². The van der Waals surface area contributed by atoms with Gasteiger partial charge in [-0.15, -0.1) is 0 Å². The highest BCUT2D eigenvalue weighted by Crippen LogP contribution is 2.25. The van der Waals surface area contributed by atoms with Gasteiger partial charge in [-0.1, -0.05) is 54.1 Å². The molecule has 174 valence electrons. The molecule has 1 N–H and O–H groups in total. The number of amides is 2. The fourth-order valence-electron chi connectivity index (χ4n) is 3.87. The number of benzene rings is 3.